The van der Waals surface area contributed by atoms with E-state index in [2.05, 4.69) is 0 Å². The summed E-state index contributed by atoms with van der Waals surface area (Å²) in [6.07, 6.45) is 0.789. The third kappa shape index (κ3) is 5.49. The van der Waals surface area contributed by atoms with Crippen molar-refractivity contribution in [3.8, 4) is 0 Å². The van der Waals surface area contributed by atoms with E-state index in [9.17, 15) is 14.7 Å². The molecule has 1 unspecified atom stereocenters. The highest BCUT2D eigenvalue weighted by molar-refractivity contribution is 5.91. The Morgan fingerprint density at radius 1 is 0.848 bits per heavy atom. The molecule has 3 aromatic rings. The van der Waals surface area contributed by atoms with E-state index in [0.717, 1.165) is 16.7 Å². The second kappa shape index (κ2) is 10.9. The fourth-order valence-corrected chi connectivity index (χ4v) is 4.39. The molecule has 5 heteroatoms. The van der Waals surface area contributed by atoms with Gasteiger partial charge in [-0.25, -0.2) is 4.79 Å². The van der Waals surface area contributed by atoms with Crippen molar-refractivity contribution in [2.75, 3.05) is 6.54 Å². The molecule has 172 valence electrons. The van der Waals surface area contributed by atoms with Crippen LogP contribution in [0.1, 0.15) is 49.3 Å². The summed E-state index contributed by atoms with van der Waals surface area (Å²) in [5.41, 5.74) is 7.38. The van der Waals surface area contributed by atoms with Crippen LogP contribution >= 0.6 is 0 Å². The molecule has 0 aliphatic rings. The zero-order valence-electron chi connectivity index (χ0n) is 19.2. The van der Waals surface area contributed by atoms with Gasteiger partial charge in [-0.15, -0.1) is 0 Å². The van der Waals surface area contributed by atoms with Crippen molar-refractivity contribution in [3.63, 3.8) is 0 Å². The second-order valence-corrected chi connectivity index (χ2v) is 8.67. The van der Waals surface area contributed by atoms with Gasteiger partial charge in [0.25, 0.3) is 0 Å². The van der Waals surface area contributed by atoms with Crippen molar-refractivity contribution in [2.24, 2.45) is 5.73 Å². The molecule has 0 spiro atoms. The Kier molecular flexibility index (Phi) is 8.01. The van der Waals surface area contributed by atoms with E-state index in [1.54, 1.807) is 4.90 Å². The number of amides is 1. The van der Waals surface area contributed by atoms with Crippen molar-refractivity contribution in [1.29, 1.82) is 0 Å². The highest BCUT2D eigenvalue weighted by Crippen LogP contribution is 2.36. The van der Waals surface area contributed by atoms with Crippen molar-refractivity contribution in [1.82, 2.24) is 4.90 Å². The number of hydrogen-bond acceptors (Lipinski definition) is 3. The van der Waals surface area contributed by atoms with E-state index < -0.39 is 23.5 Å². The van der Waals surface area contributed by atoms with E-state index in [-0.39, 0.29) is 12.3 Å². The molecule has 0 saturated heterocycles. The smallest absolute Gasteiger partial charge is 0.326 e. The molecule has 0 fully saturated rings. The summed E-state index contributed by atoms with van der Waals surface area (Å²) in [5, 5.41) is 10.2. The third-order valence-electron chi connectivity index (χ3n) is 6.11. The van der Waals surface area contributed by atoms with Crippen LogP contribution in [0, 0.1) is 0 Å². The van der Waals surface area contributed by atoms with E-state index in [1.165, 1.54) is 0 Å². The van der Waals surface area contributed by atoms with E-state index in [1.807, 2.05) is 105 Å². The number of hydrogen-bond donors (Lipinski definition) is 2. The lowest BCUT2D eigenvalue weighted by Crippen LogP contribution is -2.56. The lowest BCUT2D eigenvalue weighted by Gasteiger charge is -2.44. The summed E-state index contributed by atoms with van der Waals surface area (Å²) < 4.78 is 0. The maximum Gasteiger partial charge on any atom is 0.326 e. The Bertz CT molecular complexity index is 997. The van der Waals surface area contributed by atoms with E-state index in [4.69, 9.17) is 5.73 Å². The molecule has 0 aliphatic carbocycles. The predicted octanol–water partition coefficient (Wildman–Crippen LogP) is 4.77. The molecule has 0 aliphatic heterocycles. The van der Waals surface area contributed by atoms with Crippen LogP contribution in [0.25, 0.3) is 0 Å². The number of carbonyl (C=O) groups is 2. The molecular weight excluding hydrogens is 412 g/mol. The SMILES string of the molecule is CC(C)(c1ccccc1)N(C(=O)C(c1ccccc1)c1ccccc1)C(CCCN)C(=O)O. The summed E-state index contributed by atoms with van der Waals surface area (Å²) in [4.78, 5) is 28.5. The minimum absolute atomic E-state index is 0.245. The maximum atomic E-state index is 14.4. The molecule has 0 aromatic heterocycles. The number of carboxylic acid groups (broad SMARTS) is 1. The van der Waals surface area contributed by atoms with Gasteiger partial charge in [0.15, 0.2) is 0 Å². The Morgan fingerprint density at radius 3 is 1.73 bits per heavy atom. The Morgan fingerprint density at radius 2 is 1.30 bits per heavy atom. The topological polar surface area (TPSA) is 83.6 Å². The normalized spacial score (nSPS) is 12.4. The lowest BCUT2D eigenvalue weighted by molar-refractivity contribution is -0.157. The van der Waals surface area contributed by atoms with Crippen LogP contribution in [0.3, 0.4) is 0 Å². The van der Waals surface area contributed by atoms with Gasteiger partial charge in [-0.1, -0.05) is 91.0 Å². The highest BCUT2D eigenvalue weighted by Gasteiger charge is 2.43. The average Bonchev–Trinajstić information content (AvgIpc) is 2.83. The van der Waals surface area contributed by atoms with Crippen molar-refractivity contribution in [3.05, 3.63) is 108 Å². The molecular formula is C28H32N2O3. The molecule has 0 bridgehead atoms. The van der Waals surface area contributed by atoms with Gasteiger partial charge >= 0.3 is 5.97 Å². The van der Waals surface area contributed by atoms with Gasteiger partial charge in [-0.05, 0) is 49.9 Å². The lowest BCUT2D eigenvalue weighted by atomic mass is 9.84. The molecule has 3 rings (SSSR count). The fourth-order valence-electron chi connectivity index (χ4n) is 4.39. The van der Waals surface area contributed by atoms with Crippen LogP contribution in [0.4, 0.5) is 0 Å². The van der Waals surface area contributed by atoms with Crippen LogP contribution in [-0.4, -0.2) is 34.5 Å². The first-order chi connectivity index (χ1) is 15.9. The highest BCUT2D eigenvalue weighted by atomic mass is 16.4. The summed E-state index contributed by atoms with van der Waals surface area (Å²) in [6, 6.07) is 27.6. The van der Waals surface area contributed by atoms with Gasteiger partial charge < -0.3 is 15.7 Å². The van der Waals surface area contributed by atoms with Crippen LogP contribution in [0.2, 0.25) is 0 Å². The molecule has 33 heavy (non-hydrogen) atoms. The van der Waals surface area contributed by atoms with Gasteiger partial charge in [0.1, 0.15) is 6.04 Å². The molecule has 3 aromatic carbocycles. The minimum Gasteiger partial charge on any atom is -0.480 e. The van der Waals surface area contributed by atoms with Gasteiger partial charge in [0, 0.05) is 0 Å². The van der Waals surface area contributed by atoms with Crippen LogP contribution in [0.5, 0.6) is 0 Å². The zero-order valence-corrected chi connectivity index (χ0v) is 19.2. The largest absolute Gasteiger partial charge is 0.480 e. The summed E-state index contributed by atoms with van der Waals surface area (Å²) in [7, 11) is 0. The number of carbonyl (C=O) groups excluding carboxylic acids is 1. The number of nitrogens with two attached hydrogens (primary N) is 1. The van der Waals surface area contributed by atoms with Crippen molar-refractivity contribution < 1.29 is 14.7 Å². The van der Waals surface area contributed by atoms with E-state index in [0.29, 0.717) is 13.0 Å². The second-order valence-electron chi connectivity index (χ2n) is 8.67. The Balaban J connectivity index is 2.18. The monoisotopic (exact) mass is 444 g/mol. The third-order valence-corrected chi connectivity index (χ3v) is 6.11. The van der Waals surface area contributed by atoms with Gasteiger partial charge in [0.05, 0.1) is 11.5 Å². The van der Waals surface area contributed by atoms with Gasteiger partial charge in [0.2, 0.25) is 5.91 Å². The zero-order chi connectivity index (χ0) is 23.8. The van der Waals surface area contributed by atoms with Crippen LogP contribution < -0.4 is 5.73 Å². The molecule has 3 N–H and O–H groups in total. The van der Waals surface area contributed by atoms with Gasteiger partial charge in [-0.2, -0.15) is 0 Å². The Labute approximate surface area is 195 Å². The summed E-state index contributed by atoms with van der Waals surface area (Å²) in [5.74, 6) is -1.90. The number of carboxylic acids is 1. The molecule has 0 radical (unpaired) electrons. The first kappa shape index (κ1) is 24.2. The fraction of sp³-hybridized carbons (Fsp3) is 0.286. The maximum absolute atomic E-state index is 14.4. The number of nitrogens with zero attached hydrogens (tertiary/aromatic N) is 1. The first-order valence-electron chi connectivity index (χ1n) is 11.3. The van der Waals surface area contributed by atoms with Crippen molar-refractivity contribution >= 4 is 11.9 Å². The molecule has 1 atom stereocenters. The number of benzene rings is 3. The van der Waals surface area contributed by atoms with Crippen LogP contribution in [-0.2, 0) is 15.1 Å². The summed E-state index contributed by atoms with van der Waals surface area (Å²) >= 11 is 0. The number of rotatable bonds is 10. The van der Waals surface area contributed by atoms with E-state index >= 15 is 0 Å². The van der Waals surface area contributed by atoms with Gasteiger partial charge in [-0.3, -0.25) is 4.79 Å². The molecule has 0 saturated carbocycles. The molecule has 5 nitrogen and oxygen atoms in total. The predicted molar refractivity (Wildman–Crippen MR) is 131 cm³/mol. The summed E-state index contributed by atoms with van der Waals surface area (Å²) in [6.45, 7) is 4.18. The standard InChI is InChI=1S/C28H32N2O3/c1-28(2,23-17-10-5-11-18-23)30(24(27(32)33)19-12-20-29)26(31)25(21-13-6-3-7-14-21)22-15-8-4-9-16-22/h3-11,13-18,24-25H,12,19-20,29H2,1-2H3,(H,32,33). The first-order valence-corrected chi connectivity index (χ1v) is 11.3. The van der Waals surface area contributed by atoms with Crippen molar-refractivity contribution in [2.45, 2.75) is 44.2 Å². The van der Waals surface area contributed by atoms with Crippen LogP contribution in [0.15, 0.2) is 91.0 Å². The molecule has 0 heterocycles. The Hall–Kier alpha value is -3.44. The number of aliphatic carboxylic acids is 1. The average molecular weight is 445 g/mol. The molecule has 1 amide bonds. The quantitative estimate of drug-likeness (QED) is 0.472. The minimum atomic E-state index is -1.03.